The Morgan fingerprint density at radius 1 is 1.67 bits per heavy atom. The lowest BCUT2D eigenvalue weighted by molar-refractivity contribution is -0.137. The number of nitrogens with two attached hydrogens (primary N) is 1. The number of carbonyl (C=O) groups excluding carboxylic acids is 2. The van der Waals surface area contributed by atoms with Crippen molar-refractivity contribution in [2.75, 3.05) is 19.7 Å². The largest absolute Gasteiger partial charge is 0.463 e. The van der Waals surface area contributed by atoms with Crippen molar-refractivity contribution in [2.45, 2.75) is 6.92 Å². The number of carbonyl (C=O) groups is 1. The smallest absolute Gasteiger partial charge is 0.330 e. The highest BCUT2D eigenvalue weighted by molar-refractivity contribution is 5.85. The van der Waals surface area contributed by atoms with Gasteiger partial charge in [-0.15, -0.1) is 12.4 Å². The topological polar surface area (TPSA) is 113 Å². The van der Waals surface area contributed by atoms with Gasteiger partial charge in [-0.3, -0.25) is 0 Å². The van der Waals surface area contributed by atoms with E-state index < -0.39 is 0 Å². The third kappa shape index (κ3) is 32.3. The van der Waals surface area contributed by atoms with Gasteiger partial charge in [0.05, 0.1) is 13.2 Å². The zero-order valence-electron chi connectivity index (χ0n) is 8.56. The van der Waals surface area contributed by atoms with E-state index in [4.69, 9.17) is 5.73 Å². The Morgan fingerprint density at radius 2 is 2.20 bits per heavy atom. The maximum absolute atomic E-state index is 10.1. The molecule has 0 aliphatic rings. The zero-order chi connectivity index (χ0) is 10.5. The summed E-state index contributed by atoms with van der Waals surface area (Å²) in [4.78, 5) is 22.4. The number of esters is 1. The molecule has 15 heavy (non-hydrogen) atoms. The van der Waals surface area contributed by atoms with E-state index >= 15 is 0 Å². The molecule has 0 rings (SSSR count). The van der Waals surface area contributed by atoms with Gasteiger partial charge in [-0.05, 0) is 6.92 Å². The van der Waals surface area contributed by atoms with Crippen LogP contribution in [0, 0.1) is 0 Å². The number of aliphatic imine (C=N–C) groups is 1. The minimum Gasteiger partial charge on any atom is -0.463 e. The molecule has 0 amide bonds. The second-order valence-corrected chi connectivity index (χ2v) is 1.72. The van der Waals surface area contributed by atoms with Crippen LogP contribution in [0.15, 0.2) is 17.6 Å². The number of isocyanates is 1. The van der Waals surface area contributed by atoms with Crippen LogP contribution < -0.4 is 5.73 Å². The molecule has 0 aliphatic carbocycles. The minimum atomic E-state index is -0.359. The number of hydrogen-bond donors (Lipinski definition) is 1. The van der Waals surface area contributed by atoms with E-state index in [9.17, 15) is 9.59 Å². The molecule has 0 radical (unpaired) electrons. The Kier molecular flexibility index (Phi) is 36.1. The Morgan fingerprint density at radius 3 is 2.33 bits per heavy atom. The summed E-state index contributed by atoms with van der Waals surface area (Å²) < 4.78 is 4.43. The molecule has 90 valence electrons. The third-order valence-corrected chi connectivity index (χ3v) is 0.759. The van der Waals surface area contributed by atoms with Crippen LogP contribution in [-0.4, -0.2) is 37.2 Å². The Labute approximate surface area is 94.9 Å². The fourth-order valence-corrected chi connectivity index (χ4v) is 0.311. The number of halogens is 1. The van der Waals surface area contributed by atoms with Gasteiger partial charge in [0.1, 0.15) is 0 Å². The first-order valence-electron chi connectivity index (χ1n) is 3.75. The van der Waals surface area contributed by atoms with Crippen LogP contribution in [-0.2, 0) is 14.3 Å². The molecule has 0 atom stereocenters. The summed E-state index contributed by atoms with van der Waals surface area (Å²) in [6.07, 6.45) is 2.51. The third-order valence-electron chi connectivity index (χ3n) is 0.759. The Bertz CT molecular complexity index is 193. The van der Waals surface area contributed by atoms with Crippen molar-refractivity contribution in [1.29, 1.82) is 0 Å². The maximum atomic E-state index is 10.1. The molecule has 0 aliphatic heterocycles. The maximum Gasteiger partial charge on any atom is 0.330 e. The molecule has 0 aromatic heterocycles. The van der Waals surface area contributed by atoms with Crippen LogP contribution in [0.25, 0.3) is 0 Å². The van der Waals surface area contributed by atoms with Gasteiger partial charge in [0.2, 0.25) is 6.08 Å². The van der Waals surface area contributed by atoms with Gasteiger partial charge in [-0.2, -0.15) is 0 Å². The van der Waals surface area contributed by atoms with Gasteiger partial charge in [0, 0.05) is 12.6 Å². The van der Waals surface area contributed by atoms with Crippen molar-refractivity contribution in [3.8, 4) is 0 Å². The molecule has 0 spiro atoms. The molecular formula is C8H17ClN2O4. The predicted molar refractivity (Wildman–Crippen MR) is 59.7 cm³/mol. The van der Waals surface area contributed by atoms with Gasteiger partial charge >= 0.3 is 5.97 Å². The summed E-state index contributed by atoms with van der Waals surface area (Å²) in [6.45, 7) is 6.20. The van der Waals surface area contributed by atoms with E-state index in [0.29, 0.717) is 19.7 Å². The van der Waals surface area contributed by atoms with Crippen molar-refractivity contribution < 1.29 is 19.8 Å². The lowest BCUT2D eigenvalue weighted by Crippen LogP contribution is -2.01. The summed E-state index contributed by atoms with van der Waals surface area (Å²) in [6, 6.07) is 0. The molecule has 0 heterocycles. The molecule has 0 saturated carbocycles. The molecular weight excluding hydrogens is 224 g/mol. The lowest BCUT2D eigenvalue weighted by Gasteiger charge is -1.90. The van der Waals surface area contributed by atoms with Crippen LogP contribution in [0.3, 0.4) is 0 Å². The quantitative estimate of drug-likeness (QED) is 0.312. The number of nitrogens with zero attached hydrogens (tertiary/aromatic N) is 1. The van der Waals surface area contributed by atoms with Crippen LogP contribution in [0.4, 0.5) is 0 Å². The highest BCUT2D eigenvalue weighted by Crippen LogP contribution is 1.74. The van der Waals surface area contributed by atoms with Gasteiger partial charge in [0.25, 0.3) is 0 Å². The molecule has 0 aromatic carbocycles. The average Bonchev–Trinajstić information content (AvgIpc) is 2.16. The number of ether oxygens (including phenoxy) is 1. The van der Waals surface area contributed by atoms with Crippen LogP contribution >= 0.6 is 12.4 Å². The monoisotopic (exact) mass is 240 g/mol. The fraction of sp³-hybridized carbons (Fsp3) is 0.500. The molecule has 4 N–H and O–H groups in total. The first-order chi connectivity index (χ1) is 6.22. The number of hydrogen-bond acceptors (Lipinski definition) is 5. The minimum absolute atomic E-state index is 0. The van der Waals surface area contributed by atoms with Crippen molar-refractivity contribution in [3.63, 3.8) is 0 Å². The first kappa shape index (κ1) is 23.5. The van der Waals surface area contributed by atoms with Crippen molar-refractivity contribution >= 4 is 24.5 Å². The van der Waals surface area contributed by atoms with E-state index in [0.717, 1.165) is 6.08 Å². The van der Waals surface area contributed by atoms with E-state index in [1.165, 1.54) is 6.08 Å². The van der Waals surface area contributed by atoms with Crippen LogP contribution in [0.5, 0.6) is 0 Å². The summed E-state index contributed by atoms with van der Waals surface area (Å²) in [5.74, 6) is -0.359. The summed E-state index contributed by atoms with van der Waals surface area (Å²) >= 11 is 0. The standard InChI is InChI=1S/C5H8O2.C3H6N2O.ClH.H2O/c1-3-5(6)7-4-2;4-1-2-5-3-6;;/h3H,1,4H2,2H3;1-2,4H2;1H;1H2. The second kappa shape index (κ2) is 23.0. The van der Waals surface area contributed by atoms with Crippen LogP contribution in [0.1, 0.15) is 6.92 Å². The molecule has 7 heteroatoms. The Balaban J connectivity index is -0.0000000718. The van der Waals surface area contributed by atoms with Crippen molar-refractivity contribution in [1.82, 2.24) is 0 Å². The van der Waals surface area contributed by atoms with Gasteiger partial charge in [-0.25, -0.2) is 14.6 Å². The zero-order valence-corrected chi connectivity index (χ0v) is 9.38. The average molecular weight is 241 g/mol. The van der Waals surface area contributed by atoms with Crippen molar-refractivity contribution in [3.05, 3.63) is 12.7 Å². The molecule has 6 nitrogen and oxygen atoms in total. The van der Waals surface area contributed by atoms with Crippen molar-refractivity contribution in [2.24, 2.45) is 10.7 Å². The summed E-state index contributed by atoms with van der Waals surface area (Å²) in [7, 11) is 0. The van der Waals surface area contributed by atoms with Crippen LogP contribution in [0.2, 0.25) is 0 Å². The lowest BCUT2D eigenvalue weighted by atomic mass is 10.6. The van der Waals surface area contributed by atoms with E-state index in [-0.39, 0.29) is 23.9 Å². The molecule has 0 aromatic rings. The molecule has 0 fully saturated rings. The molecule has 0 bridgehead atoms. The fourth-order valence-electron chi connectivity index (χ4n) is 0.311. The van der Waals surface area contributed by atoms with Gasteiger partial charge in [0.15, 0.2) is 0 Å². The van der Waals surface area contributed by atoms with E-state index in [1.807, 2.05) is 0 Å². The SMILES string of the molecule is C=CC(=O)OCC.Cl.NCCN=C=O.O. The normalized spacial score (nSPS) is 6.27. The first-order valence-corrected chi connectivity index (χ1v) is 3.75. The predicted octanol–water partition coefficient (Wildman–Crippen LogP) is -0.387. The highest BCUT2D eigenvalue weighted by Gasteiger charge is 1.86. The van der Waals surface area contributed by atoms with Gasteiger partial charge in [-0.1, -0.05) is 6.58 Å². The highest BCUT2D eigenvalue weighted by atomic mass is 35.5. The van der Waals surface area contributed by atoms with Gasteiger partial charge < -0.3 is 15.9 Å². The Hall–Kier alpha value is -1.20. The van der Waals surface area contributed by atoms with E-state index in [2.05, 4.69) is 16.3 Å². The number of rotatable bonds is 4. The van der Waals surface area contributed by atoms with E-state index in [1.54, 1.807) is 6.92 Å². The summed E-state index contributed by atoms with van der Waals surface area (Å²) in [5, 5.41) is 0. The molecule has 0 saturated heterocycles. The molecule has 0 unspecified atom stereocenters. The second-order valence-electron chi connectivity index (χ2n) is 1.72. The summed E-state index contributed by atoms with van der Waals surface area (Å²) in [5.41, 5.74) is 4.94.